The van der Waals surface area contributed by atoms with Gasteiger partial charge in [0.05, 0.1) is 6.20 Å². The molecule has 1 atom stereocenters. The lowest BCUT2D eigenvalue weighted by molar-refractivity contribution is 0.0863. The number of rotatable bonds is 6. The molecule has 0 spiro atoms. The summed E-state index contributed by atoms with van der Waals surface area (Å²) in [5, 5.41) is 0. The van der Waals surface area contributed by atoms with E-state index in [9.17, 15) is 9.18 Å². The summed E-state index contributed by atoms with van der Waals surface area (Å²) in [7, 11) is 0. The van der Waals surface area contributed by atoms with Gasteiger partial charge in [0.15, 0.2) is 5.78 Å². The van der Waals surface area contributed by atoms with Crippen LogP contribution in [0.4, 0.5) is 4.39 Å². The van der Waals surface area contributed by atoms with E-state index in [0.29, 0.717) is 18.2 Å². The highest BCUT2D eigenvalue weighted by Crippen LogP contribution is 2.10. The Kier molecular flexibility index (Phi) is 5.82. The van der Waals surface area contributed by atoms with Gasteiger partial charge in [-0.1, -0.05) is 6.92 Å². The minimum atomic E-state index is -0.410. The van der Waals surface area contributed by atoms with Gasteiger partial charge in [0.2, 0.25) is 0 Å². The van der Waals surface area contributed by atoms with E-state index in [1.165, 1.54) is 18.6 Å². The van der Waals surface area contributed by atoms with Crippen molar-refractivity contribution in [3.05, 3.63) is 29.8 Å². The summed E-state index contributed by atoms with van der Waals surface area (Å²) in [6.07, 6.45) is 2.72. The maximum absolute atomic E-state index is 12.8. The SMILES string of the molecule is CCC(C)N1CCN(CCC(=O)c2ccc(F)cn2)CC1. The molecule has 1 aromatic rings. The number of carbonyl (C=O) groups excluding carboxylic acids is 1. The summed E-state index contributed by atoms with van der Waals surface area (Å²) >= 11 is 0. The Morgan fingerprint density at radius 3 is 2.62 bits per heavy atom. The first-order valence-corrected chi connectivity index (χ1v) is 7.71. The van der Waals surface area contributed by atoms with E-state index in [1.54, 1.807) is 0 Å². The van der Waals surface area contributed by atoms with Gasteiger partial charge >= 0.3 is 0 Å². The molecule has 0 bridgehead atoms. The van der Waals surface area contributed by atoms with E-state index < -0.39 is 5.82 Å². The Morgan fingerprint density at radius 2 is 2.05 bits per heavy atom. The molecule has 0 saturated carbocycles. The average molecular weight is 293 g/mol. The van der Waals surface area contributed by atoms with Gasteiger partial charge in [0.25, 0.3) is 0 Å². The molecule has 1 unspecified atom stereocenters. The van der Waals surface area contributed by atoms with Crippen molar-refractivity contribution < 1.29 is 9.18 Å². The van der Waals surface area contributed by atoms with Gasteiger partial charge in [-0.2, -0.15) is 0 Å². The molecule has 0 aromatic carbocycles. The maximum Gasteiger partial charge on any atom is 0.182 e. The highest BCUT2D eigenvalue weighted by molar-refractivity contribution is 5.94. The Hall–Kier alpha value is -1.33. The fraction of sp³-hybridized carbons (Fsp3) is 0.625. The quantitative estimate of drug-likeness (QED) is 0.754. The van der Waals surface area contributed by atoms with E-state index in [0.717, 1.165) is 38.9 Å². The summed E-state index contributed by atoms with van der Waals surface area (Å²) < 4.78 is 12.8. The van der Waals surface area contributed by atoms with Crippen molar-refractivity contribution in [3.63, 3.8) is 0 Å². The molecule has 0 amide bonds. The first-order valence-electron chi connectivity index (χ1n) is 7.71. The fourth-order valence-electron chi connectivity index (χ4n) is 2.61. The van der Waals surface area contributed by atoms with E-state index in [1.807, 2.05) is 0 Å². The van der Waals surface area contributed by atoms with Gasteiger partial charge in [-0.25, -0.2) is 4.39 Å². The van der Waals surface area contributed by atoms with Crippen molar-refractivity contribution >= 4 is 5.78 Å². The first kappa shape index (κ1) is 16.0. The third-order valence-electron chi connectivity index (χ3n) is 4.29. The summed E-state index contributed by atoms with van der Waals surface area (Å²) in [6.45, 7) is 9.38. The number of pyridine rings is 1. The summed E-state index contributed by atoms with van der Waals surface area (Å²) in [5.74, 6) is -0.424. The molecule has 2 rings (SSSR count). The maximum atomic E-state index is 12.8. The van der Waals surface area contributed by atoms with Crippen molar-refractivity contribution in [2.75, 3.05) is 32.7 Å². The van der Waals surface area contributed by atoms with Crippen molar-refractivity contribution in [2.45, 2.75) is 32.7 Å². The third kappa shape index (κ3) is 4.58. The molecule has 1 fully saturated rings. The molecule has 1 aromatic heterocycles. The van der Waals surface area contributed by atoms with Crippen LogP contribution >= 0.6 is 0 Å². The summed E-state index contributed by atoms with van der Waals surface area (Å²) in [6, 6.07) is 3.38. The molecular formula is C16H24FN3O. The molecule has 1 aliphatic rings. The van der Waals surface area contributed by atoms with Crippen LogP contribution in [0, 0.1) is 5.82 Å². The highest BCUT2D eigenvalue weighted by atomic mass is 19.1. The number of hydrogen-bond donors (Lipinski definition) is 0. The molecule has 116 valence electrons. The van der Waals surface area contributed by atoms with Gasteiger partial charge < -0.3 is 4.90 Å². The Morgan fingerprint density at radius 1 is 1.33 bits per heavy atom. The van der Waals surface area contributed by atoms with Gasteiger partial charge in [-0.05, 0) is 25.5 Å². The van der Waals surface area contributed by atoms with Crippen LogP contribution in [-0.2, 0) is 0 Å². The minimum absolute atomic E-state index is 0.0145. The number of ketones is 1. The second kappa shape index (κ2) is 7.61. The van der Waals surface area contributed by atoms with Crippen LogP contribution in [0.2, 0.25) is 0 Å². The highest BCUT2D eigenvalue weighted by Gasteiger charge is 2.20. The third-order valence-corrected chi connectivity index (χ3v) is 4.29. The van der Waals surface area contributed by atoms with Crippen molar-refractivity contribution in [2.24, 2.45) is 0 Å². The van der Waals surface area contributed by atoms with Crippen molar-refractivity contribution in [3.8, 4) is 0 Å². The zero-order chi connectivity index (χ0) is 15.2. The van der Waals surface area contributed by atoms with Gasteiger partial charge in [0, 0.05) is 45.2 Å². The molecule has 5 heteroatoms. The number of nitrogens with zero attached hydrogens (tertiary/aromatic N) is 3. The number of halogens is 1. The number of aromatic nitrogens is 1. The topological polar surface area (TPSA) is 36.4 Å². The summed E-state index contributed by atoms with van der Waals surface area (Å²) in [4.78, 5) is 20.7. The Bertz CT molecular complexity index is 455. The van der Waals surface area contributed by atoms with Crippen LogP contribution in [0.15, 0.2) is 18.3 Å². The van der Waals surface area contributed by atoms with Gasteiger partial charge in [-0.15, -0.1) is 0 Å². The van der Waals surface area contributed by atoms with Crippen molar-refractivity contribution in [1.29, 1.82) is 0 Å². The lowest BCUT2D eigenvalue weighted by Gasteiger charge is -2.37. The van der Waals surface area contributed by atoms with E-state index in [4.69, 9.17) is 0 Å². The number of hydrogen-bond acceptors (Lipinski definition) is 4. The van der Waals surface area contributed by atoms with Crippen LogP contribution in [0.5, 0.6) is 0 Å². The zero-order valence-electron chi connectivity index (χ0n) is 12.9. The van der Waals surface area contributed by atoms with Crippen LogP contribution in [0.3, 0.4) is 0 Å². The molecule has 0 N–H and O–H groups in total. The van der Waals surface area contributed by atoms with Crippen LogP contribution in [0.1, 0.15) is 37.2 Å². The van der Waals surface area contributed by atoms with Crippen molar-refractivity contribution in [1.82, 2.24) is 14.8 Å². The normalized spacial score (nSPS) is 18.6. The zero-order valence-corrected chi connectivity index (χ0v) is 12.9. The fourth-order valence-corrected chi connectivity index (χ4v) is 2.61. The predicted octanol–water partition coefficient (Wildman–Crippen LogP) is 2.21. The molecule has 0 radical (unpaired) electrons. The Balaban J connectivity index is 1.74. The molecule has 4 nitrogen and oxygen atoms in total. The molecule has 2 heterocycles. The second-order valence-corrected chi connectivity index (χ2v) is 5.67. The van der Waals surface area contributed by atoms with Gasteiger partial charge in [0.1, 0.15) is 11.5 Å². The van der Waals surface area contributed by atoms with E-state index >= 15 is 0 Å². The smallest absolute Gasteiger partial charge is 0.182 e. The molecule has 1 aliphatic heterocycles. The Labute approximate surface area is 126 Å². The van der Waals surface area contributed by atoms with Crippen LogP contribution in [-0.4, -0.2) is 59.3 Å². The number of Topliss-reactive ketones (excluding diaryl/α,β-unsaturated/α-hetero) is 1. The second-order valence-electron chi connectivity index (χ2n) is 5.67. The molecule has 1 saturated heterocycles. The van der Waals surface area contributed by atoms with E-state index in [-0.39, 0.29) is 5.78 Å². The number of carbonyl (C=O) groups is 1. The minimum Gasteiger partial charge on any atom is -0.300 e. The van der Waals surface area contributed by atoms with Crippen LogP contribution < -0.4 is 0 Å². The molecule has 21 heavy (non-hydrogen) atoms. The average Bonchev–Trinajstić information content (AvgIpc) is 2.53. The van der Waals surface area contributed by atoms with E-state index in [2.05, 4.69) is 28.6 Å². The standard InChI is InChI=1S/C16H24FN3O/c1-3-13(2)20-10-8-19(9-11-20)7-6-16(21)15-5-4-14(17)12-18-15/h4-5,12-13H,3,6-11H2,1-2H3. The molecular weight excluding hydrogens is 269 g/mol. The lowest BCUT2D eigenvalue weighted by atomic mass is 10.1. The van der Waals surface area contributed by atoms with Gasteiger partial charge in [-0.3, -0.25) is 14.7 Å². The molecule has 0 aliphatic carbocycles. The first-order chi connectivity index (χ1) is 10.1. The predicted molar refractivity (Wildman–Crippen MR) is 80.9 cm³/mol. The lowest BCUT2D eigenvalue weighted by Crippen LogP contribution is -2.49. The monoisotopic (exact) mass is 293 g/mol. The largest absolute Gasteiger partial charge is 0.300 e. The summed E-state index contributed by atoms with van der Waals surface area (Å²) in [5.41, 5.74) is 0.356. The number of piperazine rings is 1. The van der Waals surface area contributed by atoms with Crippen LogP contribution in [0.25, 0.3) is 0 Å².